The molecule has 108 valence electrons. The van der Waals surface area contributed by atoms with Gasteiger partial charge in [-0.15, -0.1) is 0 Å². The van der Waals surface area contributed by atoms with Crippen molar-refractivity contribution in [2.24, 2.45) is 0 Å². The van der Waals surface area contributed by atoms with Crippen molar-refractivity contribution < 1.29 is 14.3 Å². The average Bonchev–Trinajstić information content (AvgIpc) is 2.83. The molecule has 20 heavy (non-hydrogen) atoms. The molecule has 0 unspecified atom stereocenters. The summed E-state index contributed by atoms with van der Waals surface area (Å²) in [5.41, 5.74) is 1.04. The second-order valence-electron chi connectivity index (χ2n) is 5.36. The summed E-state index contributed by atoms with van der Waals surface area (Å²) in [4.78, 5) is 11.3. The van der Waals surface area contributed by atoms with Gasteiger partial charge < -0.3 is 9.47 Å². The molecule has 1 fully saturated rings. The van der Waals surface area contributed by atoms with Gasteiger partial charge in [-0.05, 0) is 38.7 Å². The summed E-state index contributed by atoms with van der Waals surface area (Å²) in [5.74, 6) is -0.284. The van der Waals surface area contributed by atoms with E-state index < -0.39 is 0 Å². The molecule has 1 aromatic carbocycles. The van der Waals surface area contributed by atoms with Crippen LogP contribution in [-0.4, -0.2) is 18.2 Å². The van der Waals surface area contributed by atoms with Crippen LogP contribution in [0.3, 0.4) is 0 Å². The van der Waals surface area contributed by atoms with E-state index >= 15 is 0 Å². The predicted molar refractivity (Wildman–Crippen MR) is 78.3 cm³/mol. The molecule has 3 nitrogen and oxygen atoms in total. The number of rotatable bonds is 5. The van der Waals surface area contributed by atoms with E-state index in [1.54, 1.807) is 6.92 Å². The van der Waals surface area contributed by atoms with Gasteiger partial charge in [0, 0.05) is 6.08 Å². The van der Waals surface area contributed by atoms with Crippen molar-refractivity contribution in [1.29, 1.82) is 0 Å². The summed E-state index contributed by atoms with van der Waals surface area (Å²) in [6.07, 6.45) is 6.26. The molecule has 0 N–H and O–H groups in total. The Hall–Kier alpha value is -1.61. The number of carbonyl (C=O) groups excluding carboxylic acids is 1. The van der Waals surface area contributed by atoms with E-state index in [2.05, 4.69) is 19.1 Å². The van der Waals surface area contributed by atoms with Crippen LogP contribution in [0, 0.1) is 0 Å². The second-order valence-corrected chi connectivity index (χ2v) is 5.36. The molecule has 0 aromatic heterocycles. The highest BCUT2D eigenvalue weighted by Crippen LogP contribution is 2.41. The van der Waals surface area contributed by atoms with Crippen molar-refractivity contribution in [2.75, 3.05) is 6.61 Å². The van der Waals surface area contributed by atoms with Gasteiger partial charge in [-0.3, -0.25) is 0 Å². The van der Waals surface area contributed by atoms with Crippen LogP contribution in [-0.2, 0) is 14.3 Å². The third-order valence-corrected chi connectivity index (χ3v) is 3.62. The topological polar surface area (TPSA) is 35.5 Å². The first-order valence-corrected chi connectivity index (χ1v) is 7.19. The predicted octanol–water partition coefficient (Wildman–Crippen LogP) is 3.81. The number of carbonyl (C=O) groups is 1. The van der Waals surface area contributed by atoms with Crippen LogP contribution in [0.4, 0.5) is 0 Å². The lowest BCUT2D eigenvalue weighted by atomic mass is 9.97. The third-order valence-electron chi connectivity index (χ3n) is 3.62. The summed E-state index contributed by atoms with van der Waals surface area (Å²) < 4.78 is 11.0. The standard InChI is InChI=1S/C17H22O3/c1-3-19-16(18)10-7-12-17(2)13-11-15(20-17)14-8-5-4-6-9-14/h4-10,15H,3,11-13H2,1-2H3/b10-7+/t15-,17+/m1/s1. The molecule has 1 heterocycles. The summed E-state index contributed by atoms with van der Waals surface area (Å²) >= 11 is 0. The lowest BCUT2D eigenvalue weighted by Gasteiger charge is -2.23. The monoisotopic (exact) mass is 274 g/mol. The normalized spacial score (nSPS) is 26.0. The fraction of sp³-hybridized carbons (Fsp3) is 0.471. The molecular weight excluding hydrogens is 252 g/mol. The highest BCUT2D eigenvalue weighted by molar-refractivity contribution is 5.81. The molecule has 0 radical (unpaired) electrons. The van der Waals surface area contributed by atoms with E-state index in [0.29, 0.717) is 6.61 Å². The van der Waals surface area contributed by atoms with Gasteiger partial charge in [0.25, 0.3) is 0 Å². The van der Waals surface area contributed by atoms with E-state index in [0.717, 1.165) is 19.3 Å². The van der Waals surface area contributed by atoms with Gasteiger partial charge in [0.2, 0.25) is 0 Å². The van der Waals surface area contributed by atoms with E-state index in [-0.39, 0.29) is 17.7 Å². The Kier molecular flexibility index (Phi) is 4.96. The molecule has 1 aliphatic rings. The molecule has 2 atom stereocenters. The Balaban J connectivity index is 1.89. The Morgan fingerprint density at radius 3 is 2.90 bits per heavy atom. The molecule has 2 rings (SSSR count). The maximum atomic E-state index is 11.3. The molecule has 0 amide bonds. The van der Waals surface area contributed by atoms with Crippen molar-refractivity contribution in [1.82, 2.24) is 0 Å². The summed E-state index contributed by atoms with van der Waals surface area (Å²) in [6, 6.07) is 10.3. The molecule has 1 aromatic rings. The Morgan fingerprint density at radius 1 is 1.45 bits per heavy atom. The Morgan fingerprint density at radius 2 is 2.20 bits per heavy atom. The molecule has 3 heteroatoms. The first kappa shape index (κ1) is 14.8. The zero-order valence-electron chi connectivity index (χ0n) is 12.2. The zero-order valence-corrected chi connectivity index (χ0v) is 12.2. The van der Waals surface area contributed by atoms with Crippen LogP contribution in [0.5, 0.6) is 0 Å². The van der Waals surface area contributed by atoms with Gasteiger partial charge in [0.1, 0.15) is 0 Å². The van der Waals surface area contributed by atoms with Gasteiger partial charge in [-0.25, -0.2) is 4.79 Å². The van der Waals surface area contributed by atoms with Crippen molar-refractivity contribution >= 4 is 5.97 Å². The fourth-order valence-electron chi connectivity index (χ4n) is 2.55. The maximum Gasteiger partial charge on any atom is 0.330 e. The third kappa shape index (κ3) is 3.94. The van der Waals surface area contributed by atoms with Gasteiger partial charge in [-0.2, -0.15) is 0 Å². The van der Waals surface area contributed by atoms with Crippen LogP contribution >= 0.6 is 0 Å². The molecule has 0 bridgehead atoms. The SMILES string of the molecule is CCOC(=O)/C=C/C[C@@]1(C)CC[C@H](c2ccccc2)O1. The first-order chi connectivity index (χ1) is 9.63. The summed E-state index contributed by atoms with van der Waals surface area (Å²) in [6.45, 7) is 4.32. The first-order valence-electron chi connectivity index (χ1n) is 7.19. The van der Waals surface area contributed by atoms with Crippen LogP contribution < -0.4 is 0 Å². The fourth-order valence-corrected chi connectivity index (χ4v) is 2.55. The van der Waals surface area contributed by atoms with Crippen LogP contribution in [0.25, 0.3) is 0 Å². The number of benzene rings is 1. The minimum atomic E-state index is -0.284. The smallest absolute Gasteiger partial charge is 0.330 e. The lowest BCUT2D eigenvalue weighted by Crippen LogP contribution is -2.22. The highest BCUT2D eigenvalue weighted by Gasteiger charge is 2.35. The van der Waals surface area contributed by atoms with Crippen LogP contribution in [0.2, 0.25) is 0 Å². The average molecular weight is 274 g/mol. The molecule has 0 spiro atoms. The second kappa shape index (κ2) is 6.71. The van der Waals surface area contributed by atoms with Crippen molar-refractivity contribution in [2.45, 2.75) is 44.8 Å². The Labute approximate surface area is 120 Å². The number of hydrogen-bond donors (Lipinski definition) is 0. The lowest BCUT2D eigenvalue weighted by molar-refractivity contribution is -0.137. The number of esters is 1. The highest BCUT2D eigenvalue weighted by atomic mass is 16.5. The molecule has 0 aliphatic carbocycles. The molecule has 1 aliphatic heterocycles. The number of ether oxygens (including phenoxy) is 2. The summed E-state index contributed by atoms with van der Waals surface area (Å²) in [7, 11) is 0. The van der Waals surface area contributed by atoms with Crippen LogP contribution in [0.1, 0.15) is 44.8 Å². The van der Waals surface area contributed by atoms with Gasteiger partial charge in [0.05, 0.1) is 18.3 Å². The van der Waals surface area contributed by atoms with Crippen LogP contribution in [0.15, 0.2) is 42.5 Å². The van der Waals surface area contributed by atoms with E-state index in [9.17, 15) is 4.79 Å². The van der Waals surface area contributed by atoms with Gasteiger partial charge in [0.15, 0.2) is 0 Å². The van der Waals surface area contributed by atoms with Crippen molar-refractivity contribution in [3.63, 3.8) is 0 Å². The minimum Gasteiger partial charge on any atom is -0.463 e. The molecular formula is C17H22O3. The van der Waals surface area contributed by atoms with Gasteiger partial charge >= 0.3 is 5.97 Å². The van der Waals surface area contributed by atoms with Gasteiger partial charge in [-0.1, -0.05) is 36.4 Å². The quantitative estimate of drug-likeness (QED) is 0.605. The summed E-state index contributed by atoms with van der Waals surface area (Å²) in [5, 5.41) is 0. The maximum absolute atomic E-state index is 11.3. The molecule has 0 saturated carbocycles. The van der Waals surface area contributed by atoms with E-state index in [1.807, 2.05) is 24.3 Å². The van der Waals surface area contributed by atoms with Crippen molar-refractivity contribution in [3.05, 3.63) is 48.0 Å². The zero-order chi connectivity index (χ0) is 14.4. The number of hydrogen-bond acceptors (Lipinski definition) is 3. The largest absolute Gasteiger partial charge is 0.463 e. The minimum absolute atomic E-state index is 0.164. The molecule has 1 saturated heterocycles. The van der Waals surface area contributed by atoms with E-state index in [4.69, 9.17) is 9.47 Å². The van der Waals surface area contributed by atoms with Crippen molar-refractivity contribution in [3.8, 4) is 0 Å². The Bertz CT molecular complexity index is 466. The van der Waals surface area contributed by atoms with E-state index in [1.165, 1.54) is 11.6 Å².